The van der Waals surface area contributed by atoms with Crippen molar-refractivity contribution in [1.82, 2.24) is 10.6 Å². The predicted molar refractivity (Wildman–Crippen MR) is 66.4 cm³/mol. The number of alkyl halides is 2. The summed E-state index contributed by atoms with van der Waals surface area (Å²) in [6.07, 6.45) is 0.351. The summed E-state index contributed by atoms with van der Waals surface area (Å²) < 4.78 is 32.4. The molecule has 1 aromatic heterocycles. The normalized spacial score (nSPS) is 22.2. The number of aryl methyl sites for hydroxylation is 2. The fourth-order valence-corrected chi connectivity index (χ4v) is 2.30. The van der Waals surface area contributed by atoms with Gasteiger partial charge in [-0.05, 0) is 32.9 Å². The minimum Gasteiger partial charge on any atom is -0.456 e. The topological polar surface area (TPSA) is 54.3 Å². The molecule has 2 rings (SSSR count). The van der Waals surface area contributed by atoms with Crippen LogP contribution in [0.2, 0.25) is 0 Å². The molecule has 0 bridgehead atoms. The summed E-state index contributed by atoms with van der Waals surface area (Å²) in [5, 5.41) is 5.19. The predicted octanol–water partition coefficient (Wildman–Crippen LogP) is 1.87. The number of furan rings is 1. The van der Waals surface area contributed by atoms with Crippen LogP contribution in [-0.4, -0.2) is 31.5 Å². The van der Waals surface area contributed by atoms with E-state index in [4.69, 9.17) is 4.42 Å². The van der Waals surface area contributed by atoms with Gasteiger partial charge in [0.25, 0.3) is 11.8 Å². The standard InChI is InChI=1S/C13H18F2N2O2/c1-8-5-9(2)19-11(8)12(18)17-6-10-3-4-16-7-13(10,14)15/h5,10,16H,3-4,6-7H2,1-2H3,(H,17,18). The Morgan fingerprint density at radius 1 is 1.58 bits per heavy atom. The molecule has 2 heterocycles. The molecule has 0 aromatic carbocycles. The number of hydrogen-bond acceptors (Lipinski definition) is 3. The third-order valence-corrected chi connectivity index (χ3v) is 3.38. The lowest BCUT2D eigenvalue weighted by Crippen LogP contribution is -2.50. The summed E-state index contributed by atoms with van der Waals surface area (Å²) in [5.74, 6) is -3.20. The highest BCUT2D eigenvalue weighted by atomic mass is 19.3. The van der Waals surface area contributed by atoms with Crippen molar-refractivity contribution in [3.63, 3.8) is 0 Å². The molecule has 1 fully saturated rings. The molecule has 1 unspecified atom stereocenters. The van der Waals surface area contributed by atoms with Crippen molar-refractivity contribution >= 4 is 5.91 Å². The van der Waals surface area contributed by atoms with Crippen LogP contribution in [0.4, 0.5) is 8.78 Å². The molecule has 1 aromatic rings. The first-order valence-electron chi connectivity index (χ1n) is 6.34. The maximum absolute atomic E-state index is 13.6. The molecule has 19 heavy (non-hydrogen) atoms. The van der Waals surface area contributed by atoms with Gasteiger partial charge in [0, 0.05) is 18.0 Å². The molecule has 4 nitrogen and oxygen atoms in total. The Kier molecular flexibility index (Phi) is 3.89. The van der Waals surface area contributed by atoms with Gasteiger partial charge >= 0.3 is 0 Å². The Morgan fingerprint density at radius 3 is 2.89 bits per heavy atom. The molecule has 0 saturated carbocycles. The summed E-state index contributed by atoms with van der Waals surface area (Å²) in [7, 11) is 0. The number of hydrogen-bond donors (Lipinski definition) is 2. The maximum atomic E-state index is 13.6. The number of halogens is 2. The van der Waals surface area contributed by atoms with Crippen LogP contribution in [0.15, 0.2) is 10.5 Å². The van der Waals surface area contributed by atoms with Crippen LogP contribution in [-0.2, 0) is 0 Å². The van der Waals surface area contributed by atoms with Crippen LogP contribution in [0.1, 0.15) is 28.3 Å². The van der Waals surface area contributed by atoms with Crippen LogP contribution in [0, 0.1) is 19.8 Å². The minimum atomic E-state index is -2.78. The number of piperidine rings is 1. The van der Waals surface area contributed by atoms with Gasteiger partial charge in [-0.25, -0.2) is 8.78 Å². The van der Waals surface area contributed by atoms with Crippen molar-refractivity contribution in [3.05, 3.63) is 23.2 Å². The summed E-state index contributed by atoms with van der Waals surface area (Å²) in [4.78, 5) is 11.9. The number of rotatable bonds is 3. The molecule has 1 atom stereocenters. The first-order valence-corrected chi connectivity index (χ1v) is 6.34. The van der Waals surface area contributed by atoms with E-state index in [1.54, 1.807) is 19.9 Å². The number of carbonyl (C=O) groups is 1. The Balaban J connectivity index is 1.95. The van der Waals surface area contributed by atoms with Crippen molar-refractivity contribution in [3.8, 4) is 0 Å². The summed E-state index contributed by atoms with van der Waals surface area (Å²) >= 11 is 0. The molecule has 6 heteroatoms. The van der Waals surface area contributed by atoms with Gasteiger partial charge in [0.15, 0.2) is 5.76 Å². The molecule has 1 saturated heterocycles. The zero-order valence-electron chi connectivity index (χ0n) is 11.1. The molecule has 0 radical (unpaired) electrons. The average Bonchev–Trinajstić information content (AvgIpc) is 2.66. The molecule has 1 aliphatic rings. The van der Waals surface area contributed by atoms with Crippen LogP contribution in [0.3, 0.4) is 0 Å². The van der Waals surface area contributed by atoms with Gasteiger partial charge in [-0.3, -0.25) is 4.79 Å². The molecule has 1 amide bonds. The van der Waals surface area contributed by atoms with E-state index in [1.807, 2.05) is 0 Å². The largest absolute Gasteiger partial charge is 0.456 e. The average molecular weight is 272 g/mol. The van der Waals surface area contributed by atoms with E-state index < -0.39 is 17.7 Å². The highest BCUT2D eigenvalue weighted by Gasteiger charge is 2.41. The molecule has 1 aliphatic heterocycles. The van der Waals surface area contributed by atoms with Crippen molar-refractivity contribution in [2.24, 2.45) is 5.92 Å². The van der Waals surface area contributed by atoms with Gasteiger partial charge in [0.05, 0.1) is 6.54 Å². The van der Waals surface area contributed by atoms with E-state index in [2.05, 4.69) is 10.6 Å². The molecular weight excluding hydrogens is 254 g/mol. The van der Waals surface area contributed by atoms with Gasteiger partial charge < -0.3 is 15.1 Å². The van der Waals surface area contributed by atoms with Crippen LogP contribution < -0.4 is 10.6 Å². The van der Waals surface area contributed by atoms with Crippen LogP contribution >= 0.6 is 0 Å². The van der Waals surface area contributed by atoms with E-state index in [0.717, 1.165) is 0 Å². The van der Waals surface area contributed by atoms with Crippen molar-refractivity contribution in [2.45, 2.75) is 26.2 Å². The second-order valence-electron chi connectivity index (χ2n) is 5.00. The fourth-order valence-electron chi connectivity index (χ4n) is 2.30. The second kappa shape index (κ2) is 5.28. The summed E-state index contributed by atoms with van der Waals surface area (Å²) in [6, 6.07) is 1.74. The second-order valence-corrected chi connectivity index (χ2v) is 5.00. The van der Waals surface area contributed by atoms with E-state index >= 15 is 0 Å². The molecule has 0 aliphatic carbocycles. The number of nitrogens with one attached hydrogen (secondary N) is 2. The summed E-state index contributed by atoms with van der Waals surface area (Å²) in [5.41, 5.74) is 0.715. The Labute approximate surface area is 110 Å². The van der Waals surface area contributed by atoms with Crippen molar-refractivity contribution in [2.75, 3.05) is 19.6 Å². The monoisotopic (exact) mass is 272 g/mol. The lowest BCUT2D eigenvalue weighted by Gasteiger charge is -2.31. The van der Waals surface area contributed by atoms with Gasteiger partial charge in [0.2, 0.25) is 0 Å². The van der Waals surface area contributed by atoms with E-state index in [9.17, 15) is 13.6 Å². The Morgan fingerprint density at radius 2 is 2.32 bits per heavy atom. The Hall–Kier alpha value is -1.43. The van der Waals surface area contributed by atoms with Crippen LogP contribution in [0.25, 0.3) is 0 Å². The third kappa shape index (κ3) is 3.12. The number of carbonyl (C=O) groups excluding carboxylic acids is 1. The smallest absolute Gasteiger partial charge is 0.287 e. The molecule has 0 spiro atoms. The first-order chi connectivity index (χ1) is 8.90. The van der Waals surface area contributed by atoms with Crippen LogP contribution in [0.5, 0.6) is 0 Å². The zero-order chi connectivity index (χ0) is 14.0. The SMILES string of the molecule is Cc1cc(C)c(C(=O)NCC2CCNCC2(F)F)o1. The fraction of sp³-hybridized carbons (Fsp3) is 0.615. The van der Waals surface area contributed by atoms with Crippen molar-refractivity contribution in [1.29, 1.82) is 0 Å². The lowest BCUT2D eigenvalue weighted by molar-refractivity contribution is -0.0712. The van der Waals surface area contributed by atoms with Gasteiger partial charge in [-0.1, -0.05) is 0 Å². The van der Waals surface area contributed by atoms with E-state index in [1.165, 1.54) is 0 Å². The molecular formula is C13H18F2N2O2. The zero-order valence-corrected chi connectivity index (χ0v) is 11.1. The number of amides is 1. The first kappa shape index (κ1) is 14.0. The van der Waals surface area contributed by atoms with Gasteiger partial charge in [-0.2, -0.15) is 0 Å². The van der Waals surface area contributed by atoms with Gasteiger partial charge in [0.1, 0.15) is 5.76 Å². The minimum absolute atomic E-state index is 0.0350. The maximum Gasteiger partial charge on any atom is 0.287 e. The van der Waals surface area contributed by atoms with Gasteiger partial charge in [-0.15, -0.1) is 0 Å². The Bertz CT molecular complexity index is 471. The summed E-state index contributed by atoms with van der Waals surface area (Å²) in [6.45, 7) is 3.68. The quantitative estimate of drug-likeness (QED) is 0.883. The lowest BCUT2D eigenvalue weighted by atomic mass is 9.94. The van der Waals surface area contributed by atoms with E-state index in [-0.39, 0.29) is 18.8 Å². The molecule has 106 valence electrons. The highest BCUT2D eigenvalue weighted by Crippen LogP contribution is 2.28. The van der Waals surface area contributed by atoms with E-state index in [0.29, 0.717) is 24.3 Å². The highest BCUT2D eigenvalue weighted by molar-refractivity contribution is 5.92. The molecule has 2 N–H and O–H groups in total. The third-order valence-electron chi connectivity index (χ3n) is 3.38. The van der Waals surface area contributed by atoms with Crippen molar-refractivity contribution < 1.29 is 18.0 Å².